The predicted octanol–water partition coefficient (Wildman–Crippen LogP) is 0.946. The molecule has 0 spiro atoms. The van der Waals surface area contributed by atoms with E-state index in [1.807, 2.05) is 4.90 Å². The number of hydrogen-bond donors (Lipinski definition) is 1. The normalized spacial score (nSPS) is 21.5. The molecular weight excluding hydrogens is 216 g/mol. The Morgan fingerprint density at radius 1 is 1.35 bits per heavy atom. The number of rotatable bonds is 5. The van der Waals surface area contributed by atoms with E-state index in [4.69, 9.17) is 5.11 Å². The molecule has 1 N–H and O–H groups in total. The van der Waals surface area contributed by atoms with Crippen LogP contribution >= 0.6 is 0 Å². The molecule has 100 valence electrons. The summed E-state index contributed by atoms with van der Waals surface area (Å²) in [6, 6.07) is 0.498. The largest absolute Gasteiger partial charge is 0.396 e. The highest BCUT2D eigenvalue weighted by Crippen LogP contribution is 2.16. The van der Waals surface area contributed by atoms with E-state index in [2.05, 4.69) is 32.6 Å². The molecule has 1 fully saturated rings. The lowest BCUT2D eigenvalue weighted by Crippen LogP contribution is -2.46. The van der Waals surface area contributed by atoms with Crippen molar-refractivity contribution in [1.82, 2.24) is 9.80 Å². The topological polar surface area (TPSA) is 43.8 Å². The number of likely N-dealkylation sites (tertiary alicyclic amines) is 1. The van der Waals surface area contributed by atoms with Crippen LogP contribution in [-0.4, -0.2) is 59.1 Å². The Morgan fingerprint density at radius 2 is 1.94 bits per heavy atom. The zero-order valence-corrected chi connectivity index (χ0v) is 11.5. The summed E-state index contributed by atoms with van der Waals surface area (Å²) < 4.78 is 0. The number of amides is 1. The first kappa shape index (κ1) is 14.5. The molecule has 0 saturated carbocycles. The Balaban J connectivity index is 2.48. The molecule has 0 aromatic heterocycles. The van der Waals surface area contributed by atoms with Crippen LogP contribution in [0.1, 0.15) is 34.1 Å². The van der Waals surface area contributed by atoms with E-state index in [1.165, 1.54) is 0 Å². The molecule has 1 heterocycles. The standard InChI is InChI=1S/C13H26N2O2/c1-10(2)15(11(3)4)13(17)8-14-6-5-12(7-14)9-16/h10-12,16H,5-9H2,1-4H3/t12-/m0/s1. The molecule has 4 heteroatoms. The summed E-state index contributed by atoms with van der Waals surface area (Å²) in [6.45, 7) is 10.7. The second-order valence-electron chi connectivity index (χ2n) is 5.56. The van der Waals surface area contributed by atoms with E-state index in [0.717, 1.165) is 19.5 Å². The summed E-state index contributed by atoms with van der Waals surface area (Å²) in [6.07, 6.45) is 1.01. The Bertz CT molecular complexity index is 246. The van der Waals surface area contributed by atoms with Crippen LogP contribution < -0.4 is 0 Å². The van der Waals surface area contributed by atoms with E-state index >= 15 is 0 Å². The lowest BCUT2D eigenvalue weighted by atomic mass is 10.1. The van der Waals surface area contributed by atoms with Gasteiger partial charge in [0.25, 0.3) is 0 Å². The van der Waals surface area contributed by atoms with Gasteiger partial charge in [-0.2, -0.15) is 0 Å². The number of carbonyl (C=O) groups is 1. The van der Waals surface area contributed by atoms with Crippen molar-refractivity contribution in [2.75, 3.05) is 26.2 Å². The van der Waals surface area contributed by atoms with Crippen LogP contribution in [-0.2, 0) is 4.79 Å². The molecule has 0 aromatic rings. The molecule has 1 amide bonds. The zero-order valence-electron chi connectivity index (χ0n) is 11.5. The van der Waals surface area contributed by atoms with Crippen LogP contribution in [0, 0.1) is 5.92 Å². The number of aliphatic hydroxyl groups excluding tert-OH is 1. The van der Waals surface area contributed by atoms with Crippen molar-refractivity contribution in [2.24, 2.45) is 5.92 Å². The minimum Gasteiger partial charge on any atom is -0.396 e. The smallest absolute Gasteiger partial charge is 0.237 e. The van der Waals surface area contributed by atoms with Gasteiger partial charge in [0.05, 0.1) is 6.54 Å². The molecule has 0 radical (unpaired) electrons. The minimum atomic E-state index is 0.202. The van der Waals surface area contributed by atoms with Crippen LogP contribution in [0.3, 0.4) is 0 Å². The summed E-state index contributed by atoms with van der Waals surface area (Å²) in [5, 5.41) is 9.08. The monoisotopic (exact) mass is 242 g/mol. The van der Waals surface area contributed by atoms with Crippen molar-refractivity contribution >= 4 is 5.91 Å². The maximum Gasteiger partial charge on any atom is 0.237 e. The van der Waals surface area contributed by atoms with Gasteiger partial charge in [-0.15, -0.1) is 0 Å². The second-order valence-corrected chi connectivity index (χ2v) is 5.56. The van der Waals surface area contributed by atoms with Crippen molar-refractivity contribution in [2.45, 2.75) is 46.2 Å². The molecule has 1 rings (SSSR count). The van der Waals surface area contributed by atoms with Gasteiger partial charge in [-0.1, -0.05) is 0 Å². The first-order chi connectivity index (χ1) is 7.95. The fourth-order valence-electron chi connectivity index (χ4n) is 2.65. The molecule has 1 aliphatic heterocycles. The summed E-state index contributed by atoms with van der Waals surface area (Å²) in [4.78, 5) is 16.3. The number of carbonyl (C=O) groups excluding carboxylic acids is 1. The summed E-state index contributed by atoms with van der Waals surface area (Å²) in [5.41, 5.74) is 0. The van der Waals surface area contributed by atoms with Gasteiger partial charge in [-0.05, 0) is 46.6 Å². The first-order valence-electron chi connectivity index (χ1n) is 6.60. The molecule has 4 nitrogen and oxygen atoms in total. The highest BCUT2D eigenvalue weighted by molar-refractivity contribution is 5.78. The molecule has 0 bridgehead atoms. The van der Waals surface area contributed by atoms with Gasteiger partial charge in [0.2, 0.25) is 5.91 Å². The quantitative estimate of drug-likeness (QED) is 0.780. The Labute approximate surface area is 105 Å². The third kappa shape index (κ3) is 3.96. The second kappa shape index (κ2) is 6.36. The maximum atomic E-state index is 12.2. The SMILES string of the molecule is CC(C)N(C(=O)CN1CC[C@H](CO)C1)C(C)C. The van der Waals surface area contributed by atoms with Gasteiger partial charge in [0, 0.05) is 25.2 Å². The van der Waals surface area contributed by atoms with Crippen molar-refractivity contribution in [3.63, 3.8) is 0 Å². The fraction of sp³-hybridized carbons (Fsp3) is 0.923. The molecule has 1 atom stereocenters. The van der Waals surface area contributed by atoms with E-state index in [1.54, 1.807) is 0 Å². The summed E-state index contributed by atoms with van der Waals surface area (Å²) in [7, 11) is 0. The Kier molecular flexibility index (Phi) is 5.40. The van der Waals surface area contributed by atoms with Crippen LogP contribution in [0.15, 0.2) is 0 Å². The van der Waals surface area contributed by atoms with Gasteiger partial charge in [0.1, 0.15) is 0 Å². The Hall–Kier alpha value is -0.610. The van der Waals surface area contributed by atoms with Gasteiger partial charge in [0.15, 0.2) is 0 Å². The third-order valence-corrected chi connectivity index (χ3v) is 3.39. The Morgan fingerprint density at radius 3 is 2.35 bits per heavy atom. The number of aliphatic hydroxyl groups is 1. The summed E-state index contributed by atoms with van der Waals surface area (Å²) in [5.74, 6) is 0.558. The molecule has 1 saturated heterocycles. The van der Waals surface area contributed by atoms with E-state index in [-0.39, 0.29) is 24.6 Å². The molecule has 17 heavy (non-hydrogen) atoms. The highest BCUT2D eigenvalue weighted by atomic mass is 16.3. The van der Waals surface area contributed by atoms with E-state index < -0.39 is 0 Å². The minimum absolute atomic E-state index is 0.202. The zero-order chi connectivity index (χ0) is 13.0. The molecule has 1 aliphatic rings. The highest BCUT2D eigenvalue weighted by Gasteiger charge is 2.27. The van der Waals surface area contributed by atoms with Gasteiger partial charge >= 0.3 is 0 Å². The average Bonchev–Trinajstić information content (AvgIpc) is 2.64. The molecule has 0 aromatic carbocycles. The van der Waals surface area contributed by atoms with E-state index in [9.17, 15) is 4.79 Å². The van der Waals surface area contributed by atoms with Crippen molar-refractivity contribution in [3.8, 4) is 0 Å². The van der Waals surface area contributed by atoms with Crippen LogP contribution in [0.25, 0.3) is 0 Å². The molecular formula is C13H26N2O2. The van der Waals surface area contributed by atoms with Crippen molar-refractivity contribution < 1.29 is 9.90 Å². The van der Waals surface area contributed by atoms with Crippen LogP contribution in [0.5, 0.6) is 0 Å². The number of hydrogen-bond acceptors (Lipinski definition) is 3. The van der Waals surface area contributed by atoms with Gasteiger partial charge in [-0.3, -0.25) is 9.69 Å². The lowest BCUT2D eigenvalue weighted by molar-refractivity contribution is -0.135. The third-order valence-electron chi connectivity index (χ3n) is 3.39. The van der Waals surface area contributed by atoms with Crippen molar-refractivity contribution in [1.29, 1.82) is 0 Å². The van der Waals surface area contributed by atoms with Crippen LogP contribution in [0.4, 0.5) is 0 Å². The lowest BCUT2D eigenvalue weighted by Gasteiger charge is -2.32. The van der Waals surface area contributed by atoms with Gasteiger partial charge in [-0.25, -0.2) is 0 Å². The molecule has 0 unspecified atom stereocenters. The number of nitrogens with zero attached hydrogens (tertiary/aromatic N) is 2. The van der Waals surface area contributed by atoms with Gasteiger partial charge < -0.3 is 10.0 Å². The predicted molar refractivity (Wildman–Crippen MR) is 68.8 cm³/mol. The van der Waals surface area contributed by atoms with Crippen LogP contribution in [0.2, 0.25) is 0 Å². The first-order valence-corrected chi connectivity index (χ1v) is 6.60. The molecule has 0 aliphatic carbocycles. The van der Waals surface area contributed by atoms with E-state index in [0.29, 0.717) is 12.5 Å². The van der Waals surface area contributed by atoms with Crippen molar-refractivity contribution in [3.05, 3.63) is 0 Å². The summed E-state index contributed by atoms with van der Waals surface area (Å²) >= 11 is 0. The maximum absolute atomic E-state index is 12.2. The average molecular weight is 242 g/mol. The fourth-order valence-corrected chi connectivity index (χ4v) is 2.65.